The first kappa shape index (κ1) is 10.5. The Morgan fingerprint density at radius 3 is 2.59 bits per heavy atom. The highest BCUT2D eigenvalue weighted by Crippen LogP contribution is 2.18. The number of rotatable bonds is 1. The standard InChI is InChI=1S/C13H10BrN3/c1-9-2-4-10(5-3-9)11-6-7-13-15-12(14)8-17(13)16-11/h2-8H,1H3. The molecule has 0 saturated carbocycles. The molecule has 2 aromatic heterocycles. The van der Waals surface area contributed by atoms with Gasteiger partial charge in [-0.25, -0.2) is 9.50 Å². The minimum atomic E-state index is 0.797. The lowest BCUT2D eigenvalue weighted by atomic mass is 10.1. The summed E-state index contributed by atoms with van der Waals surface area (Å²) in [7, 11) is 0. The van der Waals surface area contributed by atoms with Gasteiger partial charge in [0, 0.05) is 5.56 Å². The molecule has 1 aromatic carbocycles. The molecule has 3 aromatic rings. The molecule has 2 heterocycles. The number of aromatic nitrogens is 3. The van der Waals surface area contributed by atoms with Crippen LogP contribution in [0.4, 0.5) is 0 Å². The van der Waals surface area contributed by atoms with Crippen LogP contribution in [0, 0.1) is 6.92 Å². The van der Waals surface area contributed by atoms with Crippen molar-refractivity contribution in [2.75, 3.05) is 0 Å². The van der Waals surface area contributed by atoms with Gasteiger partial charge in [0.2, 0.25) is 0 Å². The Labute approximate surface area is 107 Å². The Kier molecular flexibility index (Phi) is 2.44. The van der Waals surface area contributed by atoms with E-state index in [-0.39, 0.29) is 0 Å². The first-order chi connectivity index (χ1) is 8.22. The van der Waals surface area contributed by atoms with Gasteiger partial charge in [0.15, 0.2) is 5.65 Å². The van der Waals surface area contributed by atoms with E-state index in [4.69, 9.17) is 0 Å². The summed E-state index contributed by atoms with van der Waals surface area (Å²) < 4.78 is 2.57. The van der Waals surface area contributed by atoms with Crippen molar-refractivity contribution in [3.8, 4) is 11.3 Å². The number of hydrogen-bond acceptors (Lipinski definition) is 2. The third-order valence-electron chi connectivity index (χ3n) is 2.64. The molecule has 4 heteroatoms. The number of fused-ring (bicyclic) bond motifs is 1. The van der Waals surface area contributed by atoms with Crippen molar-refractivity contribution in [3.63, 3.8) is 0 Å². The maximum Gasteiger partial charge on any atom is 0.154 e. The highest BCUT2D eigenvalue weighted by Gasteiger charge is 2.03. The van der Waals surface area contributed by atoms with Crippen molar-refractivity contribution in [1.29, 1.82) is 0 Å². The van der Waals surface area contributed by atoms with Crippen LogP contribution in [0.3, 0.4) is 0 Å². The van der Waals surface area contributed by atoms with Crippen LogP contribution in [0.25, 0.3) is 16.9 Å². The Balaban J connectivity index is 2.13. The van der Waals surface area contributed by atoms with Crippen molar-refractivity contribution < 1.29 is 0 Å². The molecule has 0 amide bonds. The summed E-state index contributed by atoms with van der Waals surface area (Å²) in [6.45, 7) is 2.08. The molecule has 0 radical (unpaired) electrons. The van der Waals surface area contributed by atoms with E-state index in [1.165, 1.54) is 5.56 Å². The van der Waals surface area contributed by atoms with Gasteiger partial charge in [-0.2, -0.15) is 5.10 Å². The molecule has 0 N–H and O–H groups in total. The van der Waals surface area contributed by atoms with Gasteiger partial charge in [-0.3, -0.25) is 0 Å². The van der Waals surface area contributed by atoms with E-state index in [0.717, 1.165) is 21.5 Å². The second-order valence-electron chi connectivity index (χ2n) is 3.95. The topological polar surface area (TPSA) is 30.2 Å². The number of benzene rings is 1. The average Bonchev–Trinajstić information content (AvgIpc) is 2.69. The zero-order chi connectivity index (χ0) is 11.8. The van der Waals surface area contributed by atoms with Crippen LogP contribution in [-0.2, 0) is 0 Å². The molecule has 0 aliphatic heterocycles. The molecular weight excluding hydrogens is 278 g/mol. The van der Waals surface area contributed by atoms with Crippen molar-refractivity contribution in [2.45, 2.75) is 6.92 Å². The summed E-state index contributed by atoms with van der Waals surface area (Å²) in [4.78, 5) is 4.28. The van der Waals surface area contributed by atoms with Gasteiger partial charge in [-0.1, -0.05) is 29.8 Å². The molecule has 0 aliphatic carbocycles. The Bertz CT molecular complexity index is 671. The van der Waals surface area contributed by atoms with Gasteiger partial charge < -0.3 is 0 Å². The lowest BCUT2D eigenvalue weighted by Gasteiger charge is -2.01. The lowest BCUT2D eigenvalue weighted by molar-refractivity contribution is 0.941. The molecule has 0 aliphatic rings. The van der Waals surface area contributed by atoms with Crippen LogP contribution in [0.15, 0.2) is 47.2 Å². The maximum absolute atomic E-state index is 4.52. The minimum absolute atomic E-state index is 0.797. The molecule has 0 atom stereocenters. The normalized spacial score (nSPS) is 10.9. The van der Waals surface area contributed by atoms with Crippen LogP contribution in [0.1, 0.15) is 5.56 Å². The molecule has 17 heavy (non-hydrogen) atoms. The fourth-order valence-corrected chi connectivity index (χ4v) is 2.11. The van der Waals surface area contributed by atoms with E-state index in [2.05, 4.69) is 57.2 Å². The predicted molar refractivity (Wildman–Crippen MR) is 70.9 cm³/mol. The number of aryl methyl sites for hydroxylation is 1. The zero-order valence-electron chi connectivity index (χ0n) is 9.26. The van der Waals surface area contributed by atoms with E-state index >= 15 is 0 Å². The van der Waals surface area contributed by atoms with Gasteiger partial charge in [0.25, 0.3) is 0 Å². The monoisotopic (exact) mass is 287 g/mol. The summed E-state index contributed by atoms with van der Waals surface area (Å²) in [6.07, 6.45) is 1.85. The molecule has 0 spiro atoms. The van der Waals surface area contributed by atoms with Gasteiger partial charge in [0.05, 0.1) is 11.9 Å². The second-order valence-corrected chi connectivity index (χ2v) is 4.76. The molecular formula is C13H10BrN3. The van der Waals surface area contributed by atoms with E-state index in [1.54, 1.807) is 4.52 Å². The van der Waals surface area contributed by atoms with E-state index in [0.29, 0.717) is 0 Å². The van der Waals surface area contributed by atoms with Gasteiger partial charge in [-0.15, -0.1) is 0 Å². The third-order valence-corrected chi connectivity index (χ3v) is 3.02. The largest absolute Gasteiger partial charge is 0.220 e. The average molecular weight is 288 g/mol. The van der Waals surface area contributed by atoms with Crippen molar-refractivity contribution >= 4 is 21.6 Å². The molecule has 84 valence electrons. The number of halogens is 1. The maximum atomic E-state index is 4.52. The Morgan fingerprint density at radius 1 is 1.06 bits per heavy atom. The van der Waals surface area contributed by atoms with Crippen LogP contribution < -0.4 is 0 Å². The predicted octanol–water partition coefficient (Wildman–Crippen LogP) is 3.47. The molecule has 0 bridgehead atoms. The molecule has 3 nitrogen and oxygen atoms in total. The van der Waals surface area contributed by atoms with Crippen LogP contribution >= 0.6 is 15.9 Å². The summed E-state index contributed by atoms with van der Waals surface area (Å²) in [5.41, 5.74) is 4.15. The highest BCUT2D eigenvalue weighted by molar-refractivity contribution is 9.10. The fourth-order valence-electron chi connectivity index (χ4n) is 1.73. The molecule has 3 rings (SSSR count). The first-order valence-electron chi connectivity index (χ1n) is 5.31. The molecule has 0 saturated heterocycles. The lowest BCUT2D eigenvalue weighted by Crippen LogP contribution is -1.92. The molecule has 0 fully saturated rings. The van der Waals surface area contributed by atoms with E-state index < -0.39 is 0 Å². The summed E-state index contributed by atoms with van der Waals surface area (Å²) in [5.74, 6) is 0. The summed E-state index contributed by atoms with van der Waals surface area (Å²) in [6, 6.07) is 12.3. The Hall–Kier alpha value is -1.68. The fraction of sp³-hybridized carbons (Fsp3) is 0.0769. The third kappa shape index (κ3) is 1.96. The summed E-state index contributed by atoms with van der Waals surface area (Å²) >= 11 is 3.34. The van der Waals surface area contributed by atoms with Gasteiger partial charge in [0.1, 0.15) is 4.60 Å². The SMILES string of the molecule is Cc1ccc(-c2ccc3nc(Br)cn3n2)cc1. The van der Waals surface area contributed by atoms with Crippen LogP contribution in [0.5, 0.6) is 0 Å². The number of hydrogen-bond donors (Lipinski definition) is 0. The smallest absolute Gasteiger partial charge is 0.154 e. The second kappa shape index (κ2) is 3.96. The number of imidazole rings is 1. The zero-order valence-corrected chi connectivity index (χ0v) is 10.8. The molecule has 0 unspecified atom stereocenters. The van der Waals surface area contributed by atoms with E-state index in [1.807, 2.05) is 18.3 Å². The van der Waals surface area contributed by atoms with Crippen molar-refractivity contribution in [2.24, 2.45) is 0 Å². The Morgan fingerprint density at radius 2 is 1.82 bits per heavy atom. The van der Waals surface area contributed by atoms with Gasteiger partial charge >= 0.3 is 0 Å². The van der Waals surface area contributed by atoms with Gasteiger partial charge in [-0.05, 0) is 35.0 Å². The van der Waals surface area contributed by atoms with Crippen molar-refractivity contribution in [3.05, 3.63) is 52.8 Å². The van der Waals surface area contributed by atoms with E-state index in [9.17, 15) is 0 Å². The quantitative estimate of drug-likeness (QED) is 0.686. The summed E-state index contributed by atoms with van der Waals surface area (Å²) in [5, 5.41) is 4.52. The first-order valence-corrected chi connectivity index (χ1v) is 6.11. The minimum Gasteiger partial charge on any atom is -0.220 e. The number of nitrogens with zero attached hydrogens (tertiary/aromatic N) is 3. The van der Waals surface area contributed by atoms with Crippen molar-refractivity contribution in [1.82, 2.24) is 14.6 Å². The highest BCUT2D eigenvalue weighted by atomic mass is 79.9. The van der Waals surface area contributed by atoms with Crippen LogP contribution in [0.2, 0.25) is 0 Å². The van der Waals surface area contributed by atoms with Crippen LogP contribution in [-0.4, -0.2) is 14.6 Å².